The maximum atomic E-state index is 10.6. The number of anilines is 1. The summed E-state index contributed by atoms with van der Waals surface area (Å²) in [5, 5.41) is 23.3. The van der Waals surface area contributed by atoms with Crippen molar-refractivity contribution in [2.24, 2.45) is 5.92 Å². The molecule has 2 aromatic rings. The summed E-state index contributed by atoms with van der Waals surface area (Å²) in [6.45, 7) is 4.54. The first-order chi connectivity index (χ1) is 11.5. The Labute approximate surface area is 142 Å². The van der Waals surface area contributed by atoms with Crippen molar-refractivity contribution in [2.45, 2.75) is 31.8 Å². The van der Waals surface area contributed by atoms with Gasteiger partial charge in [-0.15, -0.1) is 0 Å². The minimum Gasteiger partial charge on any atom is -0.508 e. The molecule has 24 heavy (non-hydrogen) atoms. The van der Waals surface area contributed by atoms with Gasteiger partial charge in [0, 0.05) is 30.1 Å². The molecule has 2 aliphatic carbocycles. The van der Waals surface area contributed by atoms with Gasteiger partial charge in [0.05, 0.1) is 6.61 Å². The van der Waals surface area contributed by atoms with Crippen LogP contribution in [0.25, 0.3) is 5.76 Å². The van der Waals surface area contributed by atoms with Gasteiger partial charge in [-0.2, -0.15) is 0 Å². The van der Waals surface area contributed by atoms with Crippen LogP contribution in [0.15, 0.2) is 42.5 Å². The Morgan fingerprint density at radius 1 is 1.08 bits per heavy atom. The zero-order chi connectivity index (χ0) is 17.1. The molecule has 4 rings (SSSR count). The van der Waals surface area contributed by atoms with E-state index in [9.17, 15) is 10.2 Å². The molecular formula is C21H23NO2. The molecule has 0 saturated heterocycles. The molecular weight excluding hydrogens is 298 g/mol. The number of benzene rings is 2. The fraction of sp³-hybridized carbons (Fsp3) is 0.333. The molecule has 0 aliphatic heterocycles. The van der Waals surface area contributed by atoms with E-state index in [2.05, 4.69) is 43.4 Å². The molecule has 2 atom stereocenters. The first kappa shape index (κ1) is 15.3. The maximum absolute atomic E-state index is 10.6. The second-order valence-electron chi connectivity index (χ2n) is 7.41. The Kier molecular flexibility index (Phi) is 3.26. The first-order valence-corrected chi connectivity index (χ1v) is 8.44. The zero-order valence-electron chi connectivity index (χ0n) is 14.3. The third kappa shape index (κ3) is 1.94. The van der Waals surface area contributed by atoms with Gasteiger partial charge in [-0.05, 0) is 45.9 Å². The van der Waals surface area contributed by atoms with Crippen molar-refractivity contribution in [3.05, 3.63) is 70.3 Å². The van der Waals surface area contributed by atoms with Crippen LogP contribution in [0.2, 0.25) is 0 Å². The van der Waals surface area contributed by atoms with Crippen LogP contribution in [0.3, 0.4) is 0 Å². The fourth-order valence-electron chi connectivity index (χ4n) is 4.47. The molecule has 124 valence electrons. The van der Waals surface area contributed by atoms with Crippen LogP contribution >= 0.6 is 0 Å². The van der Waals surface area contributed by atoms with Gasteiger partial charge in [-0.3, -0.25) is 0 Å². The van der Waals surface area contributed by atoms with E-state index in [1.807, 2.05) is 25.3 Å². The maximum Gasteiger partial charge on any atom is 0.119 e. The summed E-state index contributed by atoms with van der Waals surface area (Å²) < 4.78 is 0. The highest BCUT2D eigenvalue weighted by molar-refractivity contribution is 5.73. The van der Waals surface area contributed by atoms with Crippen LogP contribution in [-0.4, -0.2) is 17.3 Å². The summed E-state index contributed by atoms with van der Waals surface area (Å²) in [5.74, 6) is 0.805. The van der Waals surface area contributed by atoms with Crippen LogP contribution in [0.4, 0.5) is 5.69 Å². The SMILES string of the molecule is CNc1ccc2c(c1)C(O)=CC1C2c2cc(CO)ccc2C1(C)C. The van der Waals surface area contributed by atoms with Crippen molar-refractivity contribution in [3.63, 3.8) is 0 Å². The summed E-state index contributed by atoms with van der Waals surface area (Å²) in [4.78, 5) is 0. The van der Waals surface area contributed by atoms with Gasteiger partial charge in [0.2, 0.25) is 0 Å². The largest absolute Gasteiger partial charge is 0.508 e. The van der Waals surface area contributed by atoms with Gasteiger partial charge >= 0.3 is 0 Å². The Balaban J connectivity index is 1.97. The highest BCUT2D eigenvalue weighted by Gasteiger charge is 2.48. The molecule has 3 nitrogen and oxygen atoms in total. The van der Waals surface area contributed by atoms with E-state index < -0.39 is 0 Å². The number of aliphatic hydroxyl groups excluding tert-OH is 2. The molecule has 0 heterocycles. The number of nitrogens with one attached hydrogen (secondary N) is 1. The van der Waals surface area contributed by atoms with E-state index in [0.717, 1.165) is 16.8 Å². The Morgan fingerprint density at radius 3 is 2.58 bits per heavy atom. The van der Waals surface area contributed by atoms with Gasteiger partial charge in [0.15, 0.2) is 0 Å². The van der Waals surface area contributed by atoms with Gasteiger partial charge in [0.25, 0.3) is 0 Å². The number of hydrogen-bond acceptors (Lipinski definition) is 3. The van der Waals surface area contributed by atoms with Crippen molar-refractivity contribution >= 4 is 11.4 Å². The number of rotatable bonds is 2. The Bertz CT molecular complexity index is 851. The minimum atomic E-state index is -0.0542. The third-order valence-corrected chi connectivity index (χ3v) is 5.81. The normalized spacial score (nSPS) is 23.1. The molecule has 0 radical (unpaired) electrons. The average Bonchev–Trinajstić information content (AvgIpc) is 2.82. The fourth-order valence-corrected chi connectivity index (χ4v) is 4.47. The standard InChI is InChI=1S/C21H23NO2/c1-21(2)17-7-4-12(11-23)8-16(17)20-14-6-5-13(22-3)9-15(14)19(24)10-18(20)21/h4-10,18,20,22-24H,11H2,1-3H3. The molecule has 0 amide bonds. The molecule has 0 saturated carbocycles. The lowest BCUT2D eigenvalue weighted by atomic mass is 9.70. The van der Waals surface area contributed by atoms with Gasteiger partial charge in [-0.1, -0.05) is 38.1 Å². The van der Waals surface area contributed by atoms with Crippen molar-refractivity contribution < 1.29 is 10.2 Å². The average molecular weight is 321 g/mol. The van der Waals surface area contributed by atoms with Crippen LogP contribution in [0, 0.1) is 5.92 Å². The van der Waals surface area contributed by atoms with Crippen LogP contribution in [-0.2, 0) is 12.0 Å². The van der Waals surface area contributed by atoms with Crippen molar-refractivity contribution in [3.8, 4) is 0 Å². The summed E-state index contributed by atoms with van der Waals surface area (Å²) in [6, 6.07) is 12.5. The van der Waals surface area contributed by atoms with Gasteiger partial charge in [-0.25, -0.2) is 0 Å². The topological polar surface area (TPSA) is 52.5 Å². The lowest BCUT2D eigenvalue weighted by Gasteiger charge is -2.33. The van der Waals surface area contributed by atoms with Crippen molar-refractivity contribution in [2.75, 3.05) is 12.4 Å². The van der Waals surface area contributed by atoms with Crippen molar-refractivity contribution in [1.82, 2.24) is 0 Å². The van der Waals surface area contributed by atoms with Gasteiger partial charge in [0.1, 0.15) is 5.76 Å². The molecule has 0 aromatic heterocycles. The first-order valence-electron chi connectivity index (χ1n) is 8.44. The summed E-state index contributed by atoms with van der Waals surface area (Å²) in [7, 11) is 1.88. The number of aliphatic hydroxyl groups is 2. The van der Waals surface area contributed by atoms with Crippen LogP contribution < -0.4 is 5.32 Å². The van der Waals surface area contributed by atoms with E-state index in [1.54, 1.807) is 0 Å². The smallest absolute Gasteiger partial charge is 0.119 e. The summed E-state index contributed by atoms with van der Waals surface area (Å²) >= 11 is 0. The molecule has 0 spiro atoms. The second kappa shape index (κ2) is 5.12. The van der Waals surface area contributed by atoms with E-state index in [-0.39, 0.29) is 23.9 Å². The van der Waals surface area contributed by atoms with Crippen LogP contribution in [0.5, 0.6) is 0 Å². The molecule has 3 heteroatoms. The predicted octanol–water partition coefficient (Wildman–Crippen LogP) is 4.17. The molecule has 0 bridgehead atoms. The highest BCUT2D eigenvalue weighted by atomic mass is 16.3. The Hall–Kier alpha value is -2.26. The highest BCUT2D eigenvalue weighted by Crippen LogP contribution is 2.57. The monoisotopic (exact) mass is 321 g/mol. The minimum absolute atomic E-state index is 0.0533. The summed E-state index contributed by atoms with van der Waals surface area (Å²) in [5.41, 5.74) is 6.54. The molecule has 3 N–H and O–H groups in total. The quantitative estimate of drug-likeness (QED) is 0.778. The zero-order valence-corrected chi connectivity index (χ0v) is 14.3. The summed E-state index contributed by atoms with van der Waals surface area (Å²) in [6.07, 6.45) is 2.02. The second-order valence-corrected chi connectivity index (χ2v) is 7.41. The van der Waals surface area contributed by atoms with E-state index in [4.69, 9.17) is 0 Å². The van der Waals surface area contributed by atoms with E-state index in [0.29, 0.717) is 5.76 Å². The van der Waals surface area contributed by atoms with E-state index >= 15 is 0 Å². The molecule has 2 unspecified atom stereocenters. The lowest BCUT2D eigenvalue weighted by molar-refractivity contribution is 0.281. The molecule has 2 aliphatic rings. The lowest BCUT2D eigenvalue weighted by Crippen LogP contribution is -2.27. The van der Waals surface area contributed by atoms with Crippen molar-refractivity contribution in [1.29, 1.82) is 0 Å². The molecule has 2 aromatic carbocycles. The number of allylic oxidation sites excluding steroid dienone is 1. The predicted molar refractivity (Wildman–Crippen MR) is 97.3 cm³/mol. The van der Waals surface area contributed by atoms with E-state index in [1.165, 1.54) is 16.7 Å². The Morgan fingerprint density at radius 2 is 1.88 bits per heavy atom. The van der Waals surface area contributed by atoms with Crippen LogP contribution in [0.1, 0.15) is 47.6 Å². The number of fused-ring (bicyclic) bond motifs is 5. The van der Waals surface area contributed by atoms with Gasteiger partial charge < -0.3 is 15.5 Å². The number of hydrogen-bond donors (Lipinski definition) is 3. The third-order valence-electron chi connectivity index (χ3n) is 5.81. The molecule has 0 fully saturated rings.